The van der Waals surface area contributed by atoms with Crippen LogP contribution in [0.15, 0.2) is 63.5 Å². The van der Waals surface area contributed by atoms with Crippen LogP contribution in [0.1, 0.15) is 5.56 Å². The number of halogens is 3. The molecule has 0 N–H and O–H groups in total. The number of aryl methyl sites for hydroxylation is 1. The second-order valence-corrected chi connectivity index (χ2v) is 8.65. The number of aromatic nitrogens is 3. The van der Waals surface area contributed by atoms with Gasteiger partial charge in [-0.1, -0.05) is 35.9 Å². The Balaban J connectivity index is 2.01. The molecular formula is C17H14F3N3O2S2. The van der Waals surface area contributed by atoms with Gasteiger partial charge in [0.05, 0.1) is 4.90 Å². The number of sulfone groups is 1. The molecule has 10 heteroatoms. The van der Waals surface area contributed by atoms with E-state index in [0.717, 1.165) is 29.0 Å². The molecule has 1 aromatic heterocycles. The fraction of sp³-hybridized carbons (Fsp3) is 0.176. The van der Waals surface area contributed by atoms with Crippen LogP contribution in [0.2, 0.25) is 0 Å². The Labute approximate surface area is 158 Å². The molecule has 0 amide bonds. The molecule has 0 aliphatic carbocycles. The first-order valence-corrected chi connectivity index (χ1v) is 9.96. The van der Waals surface area contributed by atoms with E-state index in [1.54, 1.807) is 11.6 Å². The van der Waals surface area contributed by atoms with Gasteiger partial charge in [0.1, 0.15) is 0 Å². The molecule has 0 atom stereocenters. The first kappa shape index (κ1) is 19.4. The van der Waals surface area contributed by atoms with Crippen LogP contribution in [0.3, 0.4) is 0 Å². The number of hydrogen-bond donors (Lipinski definition) is 0. The van der Waals surface area contributed by atoms with Crippen molar-refractivity contribution in [2.45, 2.75) is 27.4 Å². The van der Waals surface area contributed by atoms with Gasteiger partial charge in [-0.05, 0) is 36.9 Å². The molecule has 0 aliphatic heterocycles. The summed E-state index contributed by atoms with van der Waals surface area (Å²) in [6.45, 7) is 1.92. The topological polar surface area (TPSA) is 64.8 Å². The lowest BCUT2D eigenvalue weighted by Gasteiger charge is -2.12. The predicted molar refractivity (Wildman–Crippen MR) is 95.0 cm³/mol. The van der Waals surface area contributed by atoms with Crippen LogP contribution in [-0.2, 0) is 16.9 Å². The Morgan fingerprint density at radius 1 is 1.04 bits per heavy atom. The van der Waals surface area contributed by atoms with Crippen LogP contribution >= 0.6 is 11.8 Å². The number of hydrogen-bond acceptors (Lipinski definition) is 5. The van der Waals surface area contributed by atoms with Crippen molar-refractivity contribution in [3.8, 4) is 11.4 Å². The summed E-state index contributed by atoms with van der Waals surface area (Å²) in [5.74, 6) is 0.525. The zero-order valence-corrected chi connectivity index (χ0v) is 15.9. The molecule has 27 heavy (non-hydrogen) atoms. The minimum absolute atomic E-state index is 0.0684. The molecule has 1 heterocycles. The monoisotopic (exact) mass is 413 g/mol. The summed E-state index contributed by atoms with van der Waals surface area (Å²) in [7, 11) is -3.80. The van der Waals surface area contributed by atoms with E-state index in [0.29, 0.717) is 5.82 Å². The van der Waals surface area contributed by atoms with Gasteiger partial charge in [-0.15, -0.1) is 10.2 Å². The molecule has 3 aromatic rings. The quantitative estimate of drug-likeness (QED) is 0.640. The molecule has 0 spiro atoms. The Morgan fingerprint density at radius 2 is 1.74 bits per heavy atom. The van der Waals surface area contributed by atoms with Gasteiger partial charge in [0, 0.05) is 17.5 Å². The van der Waals surface area contributed by atoms with E-state index < -0.39 is 20.2 Å². The lowest BCUT2D eigenvalue weighted by molar-refractivity contribution is -0.0437. The van der Waals surface area contributed by atoms with Crippen molar-refractivity contribution in [1.82, 2.24) is 14.8 Å². The third-order valence-corrected chi connectivity index (χ3v) is 6.54. The molecule has 0 fully saturated rings. The van der Waals surface area contributed by atoms with Crippen molar-refractivity contribution in [3.63, 3.8) is 0 Å². The van der Waals surface area contributed by atoms with Gasteiger partial charge in [-0.25, -0.2) is 8.42 Å². The van der Waals surface area contributed by atoms with E-state index in [9.17, 15) is 21.6 Å². The maximum atomic E-state index is 13.0. The van der Waals surface area contributed by atoms with E-state index >= 15 is 0 Å². The van der Waals surface area contributed by atoms with E-state index in [4.69, 9.17) is 0 Å². The Kier molecular flexibility index (Phi) is 5.04. The van der Waals surface area contributed by atoms with Crippen molar-refractivity contribution in [3.05, 3.63) is 54.1 Å². The summed E-state index contributed by atoms with van der Waals surface area (Å²) in [6, 6.07) is 12.5. The fourth-order valence-corrected chi connectivity index (χ4v) is 4.53. The molecule has 142 valence electrons. The molecule has 2 aromatic carbocycles. The van der Waals surface area contributed by atoms with Crippen molar-refractivity contribution >= 4 is 21.6 Å². The first-order chi connectivity index (χ1) is 12.6. The molecule has 0 saturated carbocycles. The maximum Gasteiger partial charge on any atom is 0.501 e. The average Bonchev–Trinajstić information content (AvgIpc) is 2.95. The molecule has 0 unspecified atom stereocenters. The van der Waals surface area contributed by atoms with Gasteiger partial charge >= 0.3 is 5.51 Å². The average molecular weight is 413 g/mol. The summed E-state index contributed by atoms with van der Waals surface area (Å²) in [6.07, 6.45) is 0. The number of nitrogens with zero attached hydrogens (tertiary/aromatic N) is 3. The van der Waals surface area contributed by atoms with Crippen LogP contribution in [0, 0.1) is 6.92 Å². The molecule has 5 nitrogen and oxygen atoms in total. The standard InChI is InChI=1S/C17H14F3N3O2S2/c1-11-6-5-7-12(10-11)15-21-22-16(23(15)2)26-13-8-3-4-9-14(13)27(24,25)17(18,19)20/h3-10H,1-2H3. The summed E-state index contributed by atoms with van der Waals surface area (Å²) in [4.78, 5) is -0.872. The molecule has 0 saturated heterocycles. The van der Waals surface area contributed by atoms with Gasteiger partial charge in [0.15, 0.2) is 11.0 Å². The van der Waals surface area contributed by atoms with Crippen LogP contribution in [0.4, 0.5) is 13.2 Å². The first-order valence-electron chi connectivity index (χ1n) is 7.66. The molecule has 0 radical (unpaired) electrons. The second-order valence-electron chi connectivity index (χ2n) is 5.73. The van der Waals surface area contributed by atoms with Gasteiger partial charge in [-0.3, -0.25) is 0 Å². The lowest BCUT2D eigenvalue weighted by atomic mass is 10.1. The highest BCUT2D eigenvalue weighted by Gasteiger charge is 2.48. The second kappa shape index (κ2) is 7.01. The van der Waals surface area contributed by atoms with Gasteiger partial charge in [0.2, 0.25) is 0 Å². The third kappa shape index (κ3) is 3.72. The molecule has 0 bridgehead atoms. The Morgan fingerprint density at radius 3 is 2.41 bits per heavy atom. The highest BCUT2D eigenvalue weighted by Crippen LogP contribution is 2.38. The summed E-state index contributed by atoms with van der Waals surface area (Å²) in [5, 5.41) is 8.36. The van der Waals surface area contributed by atoms with Crippen molar-refractivity contribution in [2.24, 2.45) is 7.05 Å². The summed E-state index contributed by atoms with van der Waals surface area (Å²) >= 11 is 0.814. The molecular weight excluding hydrogens is 399 g/mol. The van der Waals surface area contributed by atoms with E-state index in [2.05, 4.69) is 10.2 Å². The van der Waals surface area contributed by atoms with Crippen molar-refractivity contribution in [2.75, 3.05) is 0 Å². The van der Waals surface area contributed by atoms with E-state index in [1.165, 1.54) is 18.2 Å². The third-order valence-electron chi connectivity index (χ3n) is 3.76. The number of benzene rings is 2. The Hall–Kier alpha value is -2.33. The molecule has 3 rings (SSSR count). The van der Waals surface area contributed by atoms with E-state index in [1.807, 2.05) is 31.2 Å². The smallest absolute Gasteiger partial charge is 0.305 e. The van der Waals surface area contributed by atoms with Gasteiger partial charge in [0.25, 0.3) is 9.84 Å². The SMILES string of the molecule is Cc1cccc(-c2nnc(Sc3ccccc3S(=O)(=O)C(F)(F)F)n2C)c1. The highest BCUT2D eigenvalue weighted by atomic mass is 32.2. The Bertz CT molecular complexity index is 1090. The van der Waals surface area contributed by atoms with Crippen molar-refractivity contribution < 1.29 is 21.6 Å². The maximum absolute atomic E-state index is 13.0. The summed E-state index contributed by atoms with van der Waals surface area (Å²) < 4.78 is 64.1. The van der Waals surface area contributed by atoms with E-state index in [-0.39, 0.29) is 10.1 Å². The van der Waals surface area contributed by atoms with Crippen LogP contribution < -0.4 is 0 Å². The van der Waals surface area contributed by atoms with Gasteiger partial charge < -0.3 is 4.57 Å². The largest absolute Gasteiger partial charge is 0.501 e. The minimum Gasteiger partial charge on any atom is -0.305 e. The minimum atomic E-state index is -5.47. The highest BCUT2D eigenvalue weighted by molar-refractivity contribution is 8.00. The normalized spacial score (nSPS) is 12.3. The zero-order chi connectivity index (χ0) is 19.8. The van der Waals surface area contributed by atoms with Crippen LogP contribution in [0.25, 0.3) is 11.4 Å². The van der Waals surface area contributed by atoms with Gasteiger partial charge in [-0.2, -0.15) is 13.2 Å². The van der Waals surface area contributed by atoms with Crippen molar-refractivity contribution in [1.29, 1.82) is 0 Å². The van der Waals surface area contributed by atoms with Crippen LogP contribution in [-0.4, -0.2) is 28.7 Å². The molecule has 0 aliphatic rings. The lowest BCUT2D eigenvalue weighted by Crippen LogP contribution is -2.23. The predicted octanol–water partition coefficient (Wildman–Crippen LogP) is 4.24. The number of alkyl halides is 3. The zero-order valence-electron chi connectivity index (χ0n) is 14.2. The number of rotatable bonds is 4. The summed E-state index contributed by atoms with van der Waals surface area (Å²) in [5.41, 5.74) is -3.56. The fourth-order valence-electron chi connectivity index (χ4n) is 2.42. The van der Waals surface area contributed by atoms with Crippen LogP contribution in [0.5, 0.6) is 0 Å².